The van der Waals surface area contributed by atoms with E-state index in [0.717, 1.165) is 11.3 Å². The predicted octanol–water partition coefficient (Wildman–Crippen LogP) is 2.88. The number of aliphatic hydroxyl groups is 1. The molecule has 4 nitrogen and oxygen atoms in total. The number of anilines is 1. The first kappa shape index (κ1) is 15.3. The van der Waals surface area contributed by atoms with Gasteiger partial charge in [0.2, 0.25) is 0 Å². The summed E-state index contributed by atoms with van der Waals surface area (Å²) < 4.78 is 5.33. The standard InChI is InChI=1S/C15H22N2O2/c1-11(2)17(10-6-9-16)13-7-5-8-14(19-4)15(13)12(3)18/h5,7-8,11-12,18H,6,10H2,1-4H3/t12-/m1/s1. The maximum absolute atomic E-state index is 10.0. The summed E-state index contributed by atoms with van der Waals surface area (Å²) >= 11 is 0. The average molecular weight is 262 g/mol. The molecule has 104 valence electrons. The van der Waals surface area contributed by atoms with E-state index >= 15 is 0 Å². The van der Waals surface area contributed by atoms with Crippen LogP contribution in [0.4, 0.5) is 5.69 Å². The molecule has 0 saturated carbocycles. The fraction of sp³-hybridized carbons (Fsp3) is 0.533. The zero-order valence-corrected chi connectivity index (χ0v) is 12.1. The fourth-order valence-electron chi connectivity index (χ4n) is 2.21. The SMILES string of the molecule is COc1cccc(N(CCC#N)C(C)C)c1[C@@H](C)O. The smallest absolute Gasteiger partial charge is 0.126 e. The molecule has 0 amide bonds. The van der Waals surface area contributed by atoms with Crippen molar-refractivity contribution >= 4 is 5.69 Å². The highest BCUT2D eigenvalue weighted by Crippen LogP contribution is 2.35. The van der Waals surface area contributed by atoms with Crippen LogP contribution in [0.3, 0.4) is 0 Å². The van der Waals surface area contributed by atoms with Gasteiger partial charge in [-0.2, -0.15) is 5.26 Å². The molecule has 19 heavy (non-hydrogen) atoms. The molecular weight excluding hydrogens is 240 g/mol. The molecule has 1 aromatic rings. The van der Waals surface area contributed by atoms with Gasteiger partial charge in [0.1, 0.15) is 5.75 Å². The summed E-state index contributed by atoms with van der Waals surface area (Å²) in [5.41, 5.74) is 1.70. The molecular formula is C15H22N2O2. The molecule has 1 atom stereocenters. The zero-order valence-electron chi connectivity index (χ0n) is 12.1. The van der Waals surface area contributed by atoms with E-state index in [2.05, 4.69) is 24.8 Å². The van der Waals surface area contributed by atoms with E-state index in [1.165, 1.54) is 0 Å². The number of nitriles is 1. The minimum atomic E-state index is -0.616. The van der Waals surface area contributed by atoms with Crippen molar-refractivity contribution in [1.82, 2.24) is 0 Å². The summed E-state index contributed by atoms with van der Waals surface area (Å²) in [7, 11) is 1.60. The lowest BCUT2D eigenvalue weighted by Crippen LogP contribution is -2.32. The van der Waals surface area contributed by atoms with Crippen LogP contribution in [0.5, 0.6) is 5.75 Å². The van der Waals surface area contributed by atoms with Gasteiger partial charge in [-0.3, -0.25) is 0 Å². The van der Waals surface area contributed by atoms with Gasteiger partial charge in [0.15, 0.2) is 0 Å². The molecule has 0 radical (unpaired) electrons. The number of ether oxygens (including phenoxy) is 1. The van der Waals surface area contributed by atoms with E-state index in [1.54, 1.807) is 14.0 Å². The molecule has 1 N–H and O–H groups in total. The Morgan fingerprint density at radius 2 is 2.05 bits per heavy atom. The zero-order chi connectivity index (χ0) is 14.4. The minimum Gasteiger partial charge on any atom is -0.496 e. The lowest BCUT2D eigenvalue weighted by Gasteiger charge is -2.31. The molecule has 0 unspecified atom stereocenters. The highest BCUT2D eigenvalue weighted by atomic mass is 16.5. The molecule has 0 aliphatic rings. The van der Waals surface area contributed by atoms with Crippen molar-refractivity contribution in [3.63, 3.8) is 0 Å². The van der Waals surface area contributed by atoms with Gasteiger partial charge in [-0.25, -0.2) is 0 Å². The highest BCUT2D eigenvalue weighted by Gasteiger charge is 2.20. The Balaban J connectivity index is 3.25. The van der Waals surface area contributed by atoms with Crippen LogP contribution in [0.1, 0.15) is 38.9 Å². The van der Waals surface area contributed by atoms with Crippen molar-refractivity contribution < 1.29 is 9.84 Å². The van der Waals surface area contributed by atoms with Crippen molar-refractivity contribution in [2.24, 2.45) is 0 Å². The van der Waals surface area contributed by atoms with Crippen LogP contribution in [-0.4, -0.2) is 24.8 Å². The molecule has 0 fully saturated rings. The average Bonchev–Trinajstić information content (AvgIpc) is 2.38. The first-order chi connectivity index (χ1) is 9.02. The summed E-state index contributed by atoms with van der Waals surface area (Å²) in [6.07, 6.45) is -0.163. The third-order valence-electron chi connectivity index (χ3n) is 3.08. The van der Waals surface area contributed by atoms with Crippen LogP contribution in [-0.2, 0) is 0 Å². The van der Waals surface area contributed by atoms with Gasteiger partial charge < -0.3 is 14.7 Å². The third kappa shape index (κ3) is 3.62. The number of benzene rings is 1. The van der Waals surface area contributed by atoms with Gasteiger partial charge in [0, 0.05) is 23.8 Å². The number of hydrogen-bond donors (Lipinski definition) is 1. The second-order valence-corrected chi connectivity index (χ2v) is 4.76. The Bertz CT molecular complexity index is 450. The molecule has 1 aromatic carbocycles. The lowest BCUT2D eigenvalue weighted by molar-refractivity contribution is 0.194. The number of methoxy groups -OCH3 is 1. The topological polar surface area (TPSA) is 56.5 Å². The van der Waals surface area contributed by atoms with Crippen LogP contribution in [0.15, 0.2) is 18.2 Å². The van der Waals surface area contributed by atoms with E-state index in [1.807, 2.05) is 18.2 Å². The molecule has 4 heteroatoms. The van der Waals surface area contributed by atoms with Crippen molar-refractivity contribution in [2.45, 2.75) is 39.3 Å². The molecule has 0 heterocycles. The Hall–Kier alpha value is -1.73. The van der Waals surface area contributed by atoms with Crippen LogP contribution in [0.25, 0.3) is 0 Å². The Morgan fingerprint density at radius 1 is 1.37 bits per heavy atom. The largest absolute Gasteiger partial charge is 0.496 e. The lowest BCUT2D eigenvalue weighted by atomic mass is 10.0. The summed E-state index contributed by atoms with van der Waals surface area (Å²) in [5.74, 6) is 0.676. The van der Waals surface area contributed by atoms with E-state index in [4.69, 9.17) is 10.00 Å². The normalized spacial score (nSPS) is 12.1. The molecule has 0 aliphatic heterocycles. The summed E-state index contributed by atoms with van der Waals surface area (Å²) in [6.45, 7) is 6.51. The first-order valence-corrected chi connectivity index (χ1v) is 6.51. The van der Waals surface area contributed by atoms with Gasteiger partial charge in [0.25, 0.3) is 0 Å². The van der Waals surface area contributed by atoms with E-state index < -0.39 is 6.10 Å². The Morgan fingerprint density at radius 3 is 2.53 bits per heavy atom. The first-order valence-electron chi connectivity index (χ1n) is 6.51. The van der Waals surface area contributed by atoms with Gasteiger partial charge in [0.05, 0.1) is 25.7 Å². The molecule has 1 rings (SSSR count). The molecule has 0 saturated heterocycles. The summed E-state index contributed by atoms with van der Waals surface area (Å²) in [6, 6.07) is 8.12. The fourth-order valence-corrected chi connectivity index (χ4v) is 2.21. The second-order valence-electron chi connectivity index (χ2n) is 4.76. The predicted molar refractivity (Wildman–Crippen MR) is 76.3 cm³/mol. The number of nitrogens with zero attached hydrogens (tertiary/aromatic N) is 2. The van der Waals surface area contributed by atoms with Crippen molar-refractivity contribution in [3.8, 4) is 11.8 Å². The van der Waals surface area contributed by atoms with Crippen LogP contribution in [0.2, 0.25) is 0 Å². The van der Waals surface area contributed by atoms with E-state index in [0.29, 0.717) is 18.7 Å². The minimum absolute atomic E-state index is 0.248. The van der Waals surface area contributed by atoms with Crippen molar-refractivity contribution in [3.05, 3.63) is 23.8 Å². The van der Waals surface area contributed by atoms with Crippen LogP contribution < -0.4 is 9.64 Å². The molecule has 0 bridgehead atoms. The van der Waals surface area contributed by atoms with Gasteiger partial charge >= 0.3 is 0 Å². The van der Waals surface area contributed by atoms with Gasteiger partial charge in [-0.05, 0) is 32.9 Å². The number of aliphatic hydroxyl groups excluding tert-OH is 1. The van der Waals surface area contributed by atoms with E-state index in [9.17, 15) is 5.11 Å². The second kappa shape index (κ2) is 7.01. The molecule has 0 aromatic heterocycles. The molecule has 0 spiro atoms. The summed E-state index contributed by atoms with van der Waals surface area (Å²) in [5, 5.41) is 18.8. The quantitative estimate of drug-likeness (QED) is 0.856. The van der Waals surface area contributed by atoms with Crippen molar-refractivity contribution in [2.75, 3.05) is 18.6 Å². The van der Waals surface area contributed by atoms with Crippen LogP contribution >= 0.6 is 0 Å². The maximum atomic E-state index is 10.0. The van der Waals surface area contributed by atoms with E-state index in [-0.39, 0.29) is 6.04 Å². The third-order valence-corrected chi connectivity index (χ3v) is 3.08. The van der Waals surface area contributed by atoms with Crippen LogP contribution in [0, 0.1) is 11.3 Å². The Labute approximate surface area is 115 Å². The number of rotatable bonds is 6. The number of hydrogen-bond acceptors (Lipinski definition) is 4. The highest BCUT2D eigenvalue weighted by molar-refractivity contribution is 5.61. The van der Waals surface area contributed by atoms with Gasteiger partial charge in [-0.15, -0.1) is 0 Å². The molecule has 0 aliphatic carbocycles. The van der Waals surface area contributed by atoms with Crippen molar-refractivity contribution in [1.29, 1.82) is 5.26 Å². The maximum Gasteiger partial charge on any atom is 0.126 e. The summed E-state index contributed by atoms with van der Waals surface area (Å²) in [4.78, 5) is 2.12. The monoisotopic (exact) mass is 262 g/mol. The Kier molecular flexibility index (Phi) is 5.65. The van der Waals surface area contributed by atoms with Gasteiger partial charge in [-0.1, -0.05) is 6.07 Å².